The highest BCUT2D eigenvalue weighted by Gasteiger charge is 2.30. The Morgan fingerprint density at radius 1 is 1.23 bits per heavy atom. The number of sulfone groups is 1. The second-order valence-corrected chi connectivity index (χ2v) is 9.84. The van der Waals surface area contributed by atoms with E-state index in [4.69, 9.17) is 4.74 Å². The summed E-state index contributed by atoms with van der Waals surface area (Å²) in [6.45, 7) is 5.93. The number of carbonyl (C=O) groups is 1. The molecule has 1 saturated heterocycles. The molecule has 3 rings (SSSR count). The highest BCUT2D eigenvalue weighted by Crippen LogP contribution is 2.31. The van der Waals surface area contributed by atoms with E-state index in [-0.39, 0.29) is 11.4 Å². The van der Waals surface area contributed by atoms with Gasteiger partial charge in [0.05, 0.1) is 0 Å². The molecule has 1 aromatic heterocycles. The Morgan fingerprint density at radius 3 is 2.48 bits per heavy atom. The van der Waals surface area contributed by atoms with Crippen LogP contribution in [0.5, 0.6) is 11.6 Å². The van der Waals surface area contributed by atoms with Gasteiger partial charge in [0, 0.05) is 36.0 Å². The summed E-state index contributed by atoms with van der Waals surface area (Å²) in [4.78, 5) is 24.0. The average Bonchev–Trinajstić information content (AvgIpc) is 3.05. The molecule has 9 heteroatoms. The minimum atomic E-state index is -3.28. The molecule has 1 aliphatic heterocycles. The van der Waals surface area contributed by atoms with E-state index < -0.39 is 21.8 Å². The van der Waals surface area contributed by atoms with Crippen molar-refractivity contribution in [3.8, 4) is 11.6 Å². The highest BCUT2D eigenvalue weighted by molar-refractivity contribution is 7.93. The number of anilines is 1. The quantitative estimate of drug-likeness (QED) is 0.699. The topological polar surface area (TPSA) is 101 Å². The monoisotopic (exact) mass is 444 g/mol. The summed E-state index contributed by atoms with van der Waals surface area (Å²) in [6, 6.07) is 9.17. The molecule has 1 amide bonds. The molecule has 1 fully saturated rings. The lowest BCUT2D eigenvalue weighted by molar-refractivity contribution is 0.0943. The van der Waals surface area contributed by atoms with Crippen LogP contribution >= 0.6 is 0 Å². The Morgan fingerprint density at radius 2 is 1.87 bits per heavy atom. The fourth-order valence-corrected chi connectivity index (χ4v) is 4.02. The molecule has 0 radical (unpaired) electrons. The van der Waals surface area contributed by atoms with Crippen molar-refractivity contribution >= 4 is 21.7 Å². The number of hydrogen-bond acceptors (Lipinski definition) is 7. The number of carbonyl (C=O) groups excluding carboxylic acids is 1. The van der Waals surface area contributed by atoms with Crippen LogP contribution in [-0.2, 0) is 9.84 Å². The van der Waals surface area contributed by atoms with Crippen molar-refractivity contribution in [1.29, 1.82) is 0 Å². The average molecular weight is 445 g/mol. The summed E-state index contributed by atoms with van der Waals surface area (Å²) in [5.74, 6) is 0.767. The van der Waals surface area contributed by atoms with E-state index in [0.29, 0.717) is 23.8 Å². The Labute approximate surface area is 183 Å². The molecule has 2 aromatic rings. The SMILES string of the molecule is C[C@@H]1CC[C@@H](C)N1c1ncc(C(=O)N[C@@H](C)/C=C/S(C)(=O)=O)c(Oc2ccccc2)n1. The van der Waals surface area contributed by atoms with Gasteiger partial charge in [-0.15, -0.1) is 0 Å². The van der Waals surface area contributed by atoms with Crippen LogP contribution < -0.4 is 15.0 Å². The fourth-order valence-electron chi connectivity index (χ4n) is 3.50. The Bertz CT molecular complexity index is 1050. The van der Waals surface area contributed by atoms with Crippen molar-refractivity contribution in [1.82, 2.24) is 15.3 Å². The van der Waals surface area contributed by atoms with Crippen molar-refractivity contribution in [2.75, 3.05) is 11.2 Å². The van der Waals surface area contributed by atoms with Gasteiger partial charge < -0.3 is 15.0 Å². The number of nitrogens with zero attached hydrogens (tertiary/aromatic N) is 3. The first kappa shape index (κ1) is 22.7. The van der Waals surface area contributed by atoms with Gasteiger partial charge >= 0.3 is 0 Å². The molecule has 1 aromatic carbocycles. The van der Waals surface area contributed by atoms with Crippen molar-refractivity contribution in [3.05, 3.63) is 53.6 Å². The lowest BCUT2D eigenvalue weighted by atomic mass is 10.2. The fraction of sp³-hybridized carbons (Fsp3) is 0.409. The number of para-hydroxylation sites is 1. The summed E-state index contributed by atoms with van der Waals surface area (Å²) in [5.41, 5.74) is 0.173. The van der Waals surface area contributed by atoms with Crippen LogP contribution in [0.1, 0.15) is 44.0 Å². The van der Waals surface area contributed by atoms with E-state index in [2.05, 4.69) is 34.0 Å². The maximum atomic E-state index is 12.9. The Kier molecular flexibility index (Phi) is 6.94. The maximum Gasteiger partial charge on any atom is 0.258 e. The van der Waals surface area contributed by atoms with Gasteiger partial charge in [-0.05, 0) is 45.7 Å². The summed E-state index contributed by atoms with van der Waals surface area (Å²) in [6.07, 6.45) is 6.06. The van der Waals surface area contributed by atoms with Gasteiger partial charge in [-0.3, -0.25) is 4.79 Å². The molecular formula is C22H28N4O4S. The smallest absolute Gasteiger partial charge is 0.258 e. The van der Waals surface area contributed by atoms with Crippen molar-refractivity contribution in [2.45, 2.75) is 51.7 Å². The Hall–Kier alpha value is -2.94. The van der Waals surface area contributed by atoms with Gasteiger partial charge in [0.1, 0.15) is 11.3 Å². The van der Waals surface area contributed by atoms with E-state index in [0.717, 1.165) is 24.5 Å². The molecule has 0 spiro atoms. The summed E-state index contributed by atoms with van der Waals surface area (Å²) in [5, 5.41) is 3.80. The molecule has 0 unspecified atom stereocenters. The van der Waals surface area contributed by atoms with Gasteiger partial charge in [-0.2, -0.15) is 4.98 Å². The molecule has 0 saturated carbocycles. The minimum Gasteiger partial charge on any atom is -0.438 e. The molecule has 0 aliphatic carbocycles. The van der Waals surface area contributed by atoms with Crippen LogP contribution in [-0.4, -0.2) is 48.7 Å². The maximum absolute atomic E-state index is 12.9. The third-order valence-corrected chi connectivity index (χ3v) is 5.75. The van der Waals surface area contributed by atoms with Crippen LogP contribution in [0.3, 0.4) is 0 Å². The largest absolute Gasteiger partial charge is 0.438 e. The molecule has 0 bridgehead atoms. The molecule has 1 N–H and O–H groups in total. The molecule has 31 heavy (non-hydrogen) atoms. The highest BCUT2D eigenvalue weighted by atomic mass is 32.2. The van der Waals surface area contributed by atoms with Gasteiger partial charge in [0.2, 0.25) is 11.8 Å². The number of rotatable bonds is 7. The van der Waals surface area contributed by atoms with Crippen LogP contribution in [0.2, 0.25) is 0 Å². The summed E-state index contributed by atoms with van der Waals surface area (Å²) >= 11 is 0. The normalized spacial score (nSPS) is 20.1. The van der Waals surface area contributed by atoms with E-state index in [9.17, 15) is 13.2 Å². The zero-order valence-electron chi connectivity index (χ0n) is 18.1. The molecule has 2 heterocycles. The van der Waals surface area contributed by atoms with E-state index in [1.54, 1.807) is 19.1 Å². The van der Waals surface area contributed by atoms with Crippen LogP contribution in [0.15, 0.2) is 48.0 Å². The molecule has 8 nitrogen and oxygen atoms in total. The number of hydrogen-bond donors (Lipinski definition) is 1. The van der Waals surface area contributed by atoms with Gasteiger partial charge in [-0.1, -0.05) is 24.3 Å². The Balaban J connectivity index is 1.91. The first-order chi connectivity index (χ1) is 14.6. The van der Waals surface area contributed by atoms with E-state index in [1.165, 1.54) is 12.3 Å². The van der Waals surface area contributed by atoms with E-state index in [1.807, 2.05) is 18.2 Å². The van der Waals surface area contributed by atoms with Crippen LogP contribution in [0.25, 0.3) is 0 Å². The lowest BCUT2D eigenvalue weighted by Crippen LogP contribution is -2.35. The van der Waals surface area contributed by atoms with Gasteiger partial charge in [-0.25, -0.2) is 13.4 Å². The molecule has 3 atom stereocenters. The lowest BCUT2D eigenvalue weighted by Gasteiger charge is -2.26. The van der Waals surface area contributed by atoms with Crippen LogP contribution in [0, 0.1) is 0 Å². The van der Waals surface area contributed by atoms with Crippen molar-refractivity contribution in [3.63, 3.8) is 0 Å². The number of amides is 1. The zero-order chi connectivity index (χ0) is 22.6. The van der Waals surface area contributed by atoms with Gasteiger partial charge in [0.25, 0.3) is 5.91 Å². The van der Waals surface area contributed by atoms with Crippen molar-refractivity contribution < 1.29 is 17.9 Å². The molecule has 166 valence electrons. The second kappa shape index (κ2) is 9.47. The summed E-state index contributed by atoms with van der Waals surface area (Å²) in [7, 11) is -3.28. The number of benzene rings is 1. The predicted molar refractivity (Wildman–Crippen MR) is 120 cm³/mol. The minimum absolute atomic E-state index is 0.152. The van der Waals surface area contributed by atoms with Gasteiger partial charge in [0.15, 0.2) is 9.84 Å². The standard InChI is InChI=1S/C22H28N4O4S/c1-15(12-13-31(4,28)29)24-20(27)19-14-23-22(26-16(2)10-11-17(26)3)25-21(19)30-18-8-6-5-7-9-18/h5-9,12-17H,10-11H2,1-4H3,(H,24,27)/b13-12+/t15-,16+,17+/m0/s1. The zero-order valence-corrected chi connectivity index (χ0v) is 19.0. The molecular weight excluding hydrogens is 416 g/mol. The number of ether oxygens (including phenoxy) is 1. The van der Waals surface area contributed by atoms with Crippen molar-refractivity contribution in [2.24, 2.45) is 0 Å². The first-order valence-corrected chi connectivity index (χ1v) is 12.2. The second-order valence-electron chi connectivity index (χ2n) is 7.91. The van der Waals surface area contributed by atoms with E-state index >= 15 is 0 Å². The first-order valence-electron chi connectivity index (χ1n) is 10.2. The predicted octanol–water partition coefficient (Wildman–Crippen LogP) is 3.32. The number of aromatic nitrogens is 2. The summed E-state index contributed by atoms with van der Waals surface area (Å²) < 4.78 is 28.6. The number of nitrogens with one attached hydrogen (secondary N) is 1. The third kappa shape index (κ3) is 6.04. The van der Waals surface area contributed by atoms with Crippen LogP contribution in [0.4, 0.5) is 5.95 Å². The third-order valence-electron chi connectivity index (χ3n) is 5.10. The molecule has 1 aliphatic rings.